The maximum absolute atomic E-state index is 13.2. The fraction of sp³-hybridized carbons (Fsp3) is 0. The standard InChI is InChI=1S/C25H17N3O2/c26-15-18-11-7-8-14-20(18)23-22(17-9-3-1-4-10-17)21(16-27-25(23)30)24(29)28-19-12-5-2-6-13-19/h1-14,16H,(H,27,30)(H,28,29). The van der Waals surface area contributed by atoms with Crippen LogP contribution < -0.4 is 10.9 Å². The number of aromatic nitrogens is 1. The van der Waals surface area contributed by atoms with Gasteiger partial charge in [-0.05, 0) is 23.8 Å². The molecule has 1 heterocycles. The number of benzene rings is 3. The van der Waals surface area contributed by atoms with Gasteiger partial charge in [0.1, 0.15) is 0 Å². The summed E-state index contributed by atoms with van der Waals surface area (Å²) in [5.74, 6) is -0.355. The van der Waals surface area contributed by atoms with Gasteiger partial charge in [0, 0.05) is 23.0 Å². The third kappa shape index (κ3) is 3.62. The number of hydrogen-bond acceptors (Lipinski definition) is 3. The molecule has 4 aromatic rings. The summed E-state index contributed by atoms with van der Waals surface area (Å²) in [6, 6.07) is 27.3. The zero-order chi connectivity index (χ0) is 20.9. The largest absolute Gasteiger partial charge is 0.328 e. The third-order valence-corrected chi connectivity index (χ3v) is 4.75. The number of pyridine rings is 1. The molecule has 0 unspecified atom stereocenters. The van der Waals surface area contributed by atoms with Crippen LogP contribution in [-0.4, -0.2) is 10.9 Å². The third-order valence-electron chi connectivity index (χ3n) is 4.75. The molecule has 5 nitrogen and oxygen atoms in total. The van der Waals surface area contributed by atoms with Gasteiger partial charge in [-0.3, -0.25) is 9.59 Å². The zero-order valence-electron chi connectivity index (χ0n) is 15.9. The van der Waals surface area contributed by atoms with Gasteiger partial charge in [-0.2, -0.15) is 5.26 Å². The lowest BCUT2D eigenvalue weighted by Crippen LogP contribution is -2.19. The molecule has 0 bridgehead atoms. The van der Waals surface area contributed by atoms with Crippen LogP contribution in [0.1, 0.15) is 15.9 Å². The Balaban J connectivity index is 1.97. The number of nitrogens with one attached hydrogen (secondary N) is 2. The predicted octanol–water partition coefficient (Wildman–Crippen LogP) is 4.83. The first-order valence-corrected chi connectivity index (χ1v) is 9.36. The van der Waals surface area contributed by atoms with E-state index < -0.39 is 0 Å². The molecule has 1 aromatic heterocycles. The van der Waals surface area contributed by atoms with Crippen molar-refractivity contribution in [2.24, 2.45) is 0 Å². The average molecular weight is 391 g/mol. The number of aromatic amines is 1. The molecule has 0 spiro atoms. The molecule has 0 saturated heterocycles. The second kappa shape index (κ2) is 8.29. The van der Waals surface area contributed by atoms with Crippen molar-refractivity contribution in [3.63, 3.8) is 0 Å². The molecule has 0 aliphatic rings. The van der Waals surface area contributed by atoms with Crippen molar-refractivity contribution in [1.82, 2.24) is 4.98 Å². The minimum absolute atomic E-state index is 0.291. The SMILES string of the molecule is N#Cc1ccccc1-c1c(-c2ccccc2)c(C(=O)Nc2ccccc2)c[nH]c1=O. The number of amides is 1. The minimum atomic E-state index is -0.368. The molecule has 0 atom stereocenters. The van der Waals surface area contributed by atoms with Crippen LogP contribution in [0.15, 0.2) is 95.9 Å². The van der Waals surface area contributed by atoms with Gasteiger partial charge in [-0.25, -0.2) is 0 Å². The molecule has 0 aliphatic heterocycles. The minimum Gasteiger partial charge on any atom is -0.328 e. The number of carbonyl (C=O) groups excluding carboxylic acids is 1. The second-order valence-electron chi connectivity index (χ2n) is 6.63. The lowest BCUT2D eigenvalue weighted by molar-refractivity contribution is 0.102. The van der Waals surface area contributed by atoms with Gasteiger partial charge in [-0.1, -0.05) is 66.7 Å². The quantitative estimate of drug-likeness (QED) is 0.522. The average Bonchev–Trinajstić information content (AvgIpc) is 2.80. The van der Waals surface area contributed by atoms with Crippen molar-refractivity contribution >= 4 is 11.6 Å². The van der Waals surface area contributed by atoms with Gasteiger partial charge >= 0.3 is 0 Å². The van der Waals surface area contributed by atoms with Gasteiger partial charge in [-0.15, -0.1) is 0 Å². The van der Waals surface area contributed by atoms with Crippen LogP contribution in [-0.2, 0) is 0 Å². The van der Waals surface area contributed by atoms with Crippen molar-refractivity contribution in [3.8, 4) is 28.3 Å². The van der Waals surface area contributed by atoms with Crippen molar-refractivity contribution < 1.29 is 4.79 Å². The smallest absolute Gasteiger partial charge is 0.257 e. The maximum atomic E-state index is 13.2. The molecular weight excluding hydrogens is 374 g/mol. The Morgan fingerprint density at radius 2 is 1.47 bits per heavy atom. The Morgan fingerprint density at radius 3 is 2.17 bits per heavy atom. The number of nitrogens with zero attached hydrogens (tertiary/aromatic N) is 1. The highest BCUT2D eigenvalue weighted by Gasteiger charge is 2.22. The molecule has 30 heavy (non-hydrogen) atoms. The summed E-state index contributed by atoms with van der Waals surface area (Å²) < 4.78 is 0. The van der Waals surface area contributed by atoms with Gasteiger partial charge < -0.3 is 10.3 Å². The fourth-order valence-electron chi connectivity index (χ4n) is 3.39. The van der Waals surface area contributed by atoms with E-state index in [1.165, 1.54) is 6.20 Å². The highest BCUT2D eigenvalue weighted by Crippen LogP contribution is 2.34. The van der Waals surface area contributed by atoms with E-state index in [1.807, 2.05) is 48.5 Å². The van der Waals surface area contributed by atoms with Crippen LogP contribution in [0.3, 0.4) is 0 Å². The number of H-pyrrole nitrogens is 1. The Kier molecular flexibility index (Phi) is 5.23. The highest BCUT2D eigenvalue weighted by atomic mass is 16.1. The number of nitriles is 1. The molecule has 3 aromatic carbocycles. The van der Waals surface area contributed by atoms with Crippen LogP contribution in [0, 0.1) is 11.3 Å². The lowest BCUT2D eigenvalue weighted by Gasteiger charge is -2.15. The number of carbonyl (C=O) groups is 1. The summed E-state index contributed by atoms with van der Waals surface area (Å²) in [5.41, 5.74) is 2.92. The first-order chi connectivity index (χ1) is 14.7. The van der Waals surface area contributed by atoms with Gasteiger partial charge in [0.2, 0.25) is 0 Å². The number of rotatable bonds is 4. The fourth-order valence-corrected chi connectivity index (χ4v) is 3.39. The molecule has 0 fully saturated rings. The second-order valence-corrected chi connectivity index (χ2v) is 6.63. The molecule has 5 heteroatoms. The van der Waals surface area contributed by atoms with Gasteiger partial charge in [0.05, 0.1) is 22.8 Å². The summed E-state index contributed by atoms with van der Waals surface area (Å²) in [4.78, 5) is 28.7. The van der Waals surface area contributed by atoms with Gasteiger partial charge in [0.25, 0.3) is 11.5 Å². The summed E-state index contributed by atoms with van der Waals surface area (Å²) in [6.45, 7) is 0. The Labute approximate surface area is 173 Å². The molecule has 4 rings (SSSR count). The first kappa shape index (κ1) is 18.9. The zero-order valence-corrected chi connectivity index (χ0v) is 15.9. The summed E-state index contributed by atoms with van der Waals surface area (Å²) in [6.07, 6.45) is 1.42. The van der Waals surface area contributed by atoms with Crippen molar-refractivity contribution in [2.75, 3.05) is 5.32 Å². The van der Waals surface area contributed by atoms with Crippen LogP contribution >= 0.6 is 0 Å². The van der Waals surface area contributed by atoms with Gasteiger partial charge in [0.15, 0.2) is 0 Å². The Bertz CT molecular complexity index is 1300. The number of anilines is 1. The normalized spacial score (nSPS) is 10.2. The monoisotopic (exact) mass is 391 g/mol. The molecule has 0 aliphatic carbocycles. The summed E-state index contributed by atoms with van der Waals surface area (Å²) in [5, 5.41) is 12.4. The molecule has 0 saturated carbocycles. The molecule has 0 radical (unpaired) electrons. The first-order valence-electron chi connectivity index (χ1n) is 9.36. The van der Waals surface area contributed by atoms with E-state index in [0.717, 1.165) is 0 Å². The summed E-state index contributed by atoms with van der Waals surface area (Å²) in [7, 11) is 0. The van der Waals surface area contributed by atoms with E-state index >= 15 is 0 Å². The lowest BCUT2D eigenvalue weighted by atomic mass is 9.90. The maximum Gasteiger partial charge on any atom is 0.257 e. The van der Waals surface area contributed by atoms with E-state index in [4.69, 9.17) is 0 Å². The Hall–Kier alpha value is -4.43. The van der Waals surface area contributed by atoms with E-state index in [2.05, 4.69) is 16.4 Å². The summed E-state index contributed by atoms with van der Waals surface area (Å²) >= 11 is 0. The number of hydrogen-bond donors (Lipinski definition) is 2. The van der Waals surface area contributed by atoms with Crippen LogP contribution in [0.5, 0.6) is 0 Å². The van der Waals surface area contributed by atoms with E-state index in [0.29, 0.717) is 39.1 Å². The molecule has 144 valence electrons. The Morgan fingerprint density at radius 1 is 0.833 bits per heavy atom. The molecular formula is C25H17N3O2. The number of para-hydroxylation sites is 1. The predicted molar refractivity (Wildman–Crippen MR) is 117 cm³/mol. The van der Waals surface area contributed by atoms with E-state index in [1.54, 1.807) is 36.4 Å². The topological polar surface area (TPSA) is 85.8 Å². The van der Waals surface area contributed by atoms with Crippen LogP contribution in [0.4, 0.5) is 5.69 Å². The van der Waals surface area contributed by atoms with E-state index in [9.17, 15) is 14.9 Å². The van der Waals surface area contributed by atoms with Crippen molar-refractivity contribution in [1.29, 1.82) is 5.26 Å². The van der Waals surface area contributed by atoms with E-state index in [-0.39, 0.29) is 11.5 Å². The molecule has 1 amide bonds. The van der Waals surface area contributed by atoms with Crippen molar-refractivity contribution in [3.05, 3.63) is 113 Å². The highest BCUT2D eigenvalue weighted by molar-refractivity contribution is 6.10. The van der Waals surface area contributed by atoms with Crippen LogP contribution in [0.2, 0.25) is 0 Å². The molecule has 2 N–H and O–H groups in total. The van der Waals surface area contributed by atoms with Crippen molar-refractivity contribution in [2.45, 2.75) is 0 Å². The van der Waals surface area contributed by atoms with Crippen LogP contribution in [0.25, 0.3) is 22.3 Å².